The molecule has 0 N–H and O–H groups in total. The number of hydrogen-bond acceptors (Lipinski definition) is 0. The van der Waals surface area contributed by atoms with Crippen molar-refractivity contribution >= 4 is 11.6 Å². The molecule has 0 nitrogen and oxygen atoms in total. The molecule has 1 fully saturated rings. The maximum Gasteiger partial charge on any atom is 0.0223 e. The first-order chi connectivity index (χ1) is 5.93. The van der Waals surface area contributed by atoms with E-state index in [1.807, 2.05) is 0 Å². The molecule has 1 aliphatic carbocycles. The van der Waals surface area contributed by atoms with Crippen molar-refractivity contribution in [2.75, 3.05) is 5.88 Å². The normalized spacial score (nSPS) is 18.8. The molecule has 0 unspecified atom stereocenters. The van der Waals surface area contributed by atoms with Crippen molar-refractivity contribution in [2.24, 2.45) is 5.92 Å². The minimum atomic E-state index is 0.851. The maximum atomic E-state index is 5.61. The molecule has 1 rings (SSSR count). The van der Waals surface area contributed by atoms with Crippen LogP contribution in [0.15, 0.2) is 0 Å². The summed E-state index contributed by atoms with van der Waals surface area (Å²) in [5.74, 6) is 1.93. The van der Waals surface area contributed by atoms with Crippen molar-refractivity contribution in [1.29, 1.82) is 0 Å². The summed E-state index contributed by atoms with van der Waals surface area (Å²) in [4.78, 5) is 0. The summed E-state index contributed by atoms with van der Waals surface area (Å²) in [5, 5.41) is 0. The zero-order valence-corrected chi connectivity index (χ0v) is 8.78. The average molecular weight is 189 g/mol. The van der Waals surface area contributed by atoms with E-state index < -0.39 is 0 Å². The molecule has 1 saturated carbocycles. The first-order valence-corrected chi connectivity index (χ1v) is 6.03. The van der Waals surface area contributed by atoms with E-state index in [-0.39, 0.29) is 0 Å². The van der Waals surface area contributed by atoms with E-state index in [0.29, 0.717) is 0 Å². The molecule has 12 heavy (non-hydrogen) atoms. The van der Waals surface area contributed by atoms with Crippen LogP contribution in [-0.4, -0.2) is 5.88 Å². The van der Waals surface area contributed by atoms with Gasteiger partial charge in [-0.1, -0.05) is 51.4 Å². The SMILES string of the molecule is ClCCCCCCC1CCCC1. The summed E-state index contributed by atoms with van der Waals surface area (Å²) in [7, 11) is 0. The van der Waals surface area contributed by atoms with Gasteiger partial charge in [-0.25, -0.2) is 0 Å². The van der Waals surface area contributed by atoms with Gasteiger partial charge in [-0.05, 0) is 12.3 Å². The third kappa shape index (κ3) is 4.35. The molecule has 0 aromatic heterocycles. The highest BCUT2D eigenvalue weighted by Gasteiger charge is 2.13. The van der Waals surface area contributed by atoms with Gasteiger partial charge < -0.3 is 0 Å². The Hall–Kier alpha value is 0.290. The van der Waals surface area contributed by atoms with E-state index in [1.165, 1.54) is 57.8 Å². The molecule has 1 aliphatic rings. The highest BCUT2D eigenvalue weighted by atomic mass is 35.5. The summed E-state index contributed by atoms with van der Waals surface area (Å²) < 4.78 is 0. The van der Waals surface area contributed by atoms with E-state index in [2.05, 4.69) is 0 Å². The molecule has 72 valence electrons. The number of hydrogen-bond donors (Lipinski definition) is 0. The van der Waals surface area contributed by atoms with Gasteiger partial charge in [-0.15, -0.1) is 11.6 Å². The molecule has 0 atom stereocenters. The Morgan fingerprint density at radius 2 is 1.58 bits per heavy atom. The van der Waals surface area contributed by atoms with Crippen LogP contribution in [0.3, 0.4) is 0 Å². The molecule has 0 saturated heterocycles. The maximum absolute atomic E-state index is 5.61. The van der Waals surface area contributed by atoms with E-state index in [0.717, 1.165) is 11.8 Å². The number of unbranched alkanes of at least 4 members (excludes halogenated alkanes) is 3. The third-order valence-electron chi connectivity index (χ3n) is 2.97. The van der Waals surface area contributed by atoms with Crippen LogP contribution in [0.4, 0.5) is 0 Å². The lowest BCUT2D eigenvalue weighted by atomic mass is 10.00. The molecular formula is C11H21Cl. The van der Waals surface area contributed by atoms with Crippen molar-refractivity contribution in [3.05, 3.63) is 0 Å². The topological polar surface area (TPSA) is 0 Å². The molecule has 0 aliphatic heterocycles. The van der Waals surface area contributed by atoms with Gasteiger partial charge in [0.1, 0.15) is 0 Å². The first kappa shape index (κ1) is 10.4. The fraction of sp³-hybridized carbons (Fsp3) is 1.00. The van der Waals surface area contributed by atoms with Crippen LogP contribution in [0.5, 0.6) is 0 Å². The minimum absolute atomic E-state index is 0.851. The summed E-state index contributed by atoms with van der Waals surface area (Å²) in [6, 6.07) is 0. The molecule has 0 aromatic rings. The van der Waals surface area contributed by atoms with E-state index in [1.54, 1.807) is 0 Å². The van der Waals surface area contributed by atoms with Crippen LogP contribution >= 0.6 is 11.6 Å². The summed E-state index contributed by atoms with van der Waals surface area (Å²) in [6.45, 7) is 0. The van der Waals surface area contributed by atoms with Gasteiger partial charge in [0.25, 0.3) is 0 Å². The van der Waals surface area contributed by atoms with Crippen molar-refractivity contribution < 1.29 is 0 Å². The Balaban J connectivity index is 1.81. The Kier molecular flexibility index (Phi) is 5.85. The van der Waals surface area contributed by atoms with E-state index in [9.17, 15) is 0 Å². The van der Waals surface area contributed by atoms with Crippen LogP contribution in [-0.2, 0) is 0 Å². The third-order valence-corrected chi connectivity index (χ3v) is 3.24. The van der Waals surface area contributed by atoms with Gasteiger partial charge in [-0.3, -0.25) is 0 Å². The highest BCUT2D eigenvalue weighted by Crippen LogP contribution is 2.29. The summed E-state index contributed by atoms with van der Waals surface area (Å²) in [5.41, 5.74) is 0. The lowest BCUT2D eigenvalue weighted by Gasteiger charge is -2.07. The van der Waals surface area contributed by atoms with Crippen molar-refractivity contribution in [3.63, 3.8) is 0 Å². The second-order valence-electron chi connectivity index (χ2n) is 4.04. The molecule has 1 heteroatoms. The van der Waals surface area contributed by atoms with Crippen LogP contribution in [0, 0.1) is 5.92 Å². The average Bonchev–Trinajstić information content (AvgIpc) is 2.57. The predicted octanol–water partition coefficient (Wildman–Crippen LogP) is 4.37. The van der Waals surface area contributed by atoms with Gasteiger partial charge in [0.05, 0.1) is 0 Å². The second-order valence-corrected chi connectivity index (χ2v) is 4.42. The number of rotatable bonds is 6. The van der Waals surface area contributed by atoms with Crippen molar-refractivity contribution in [3.8, 4) is 0 Å². The van der Waals surface area contributed by atoms with E-state index in [4.69, 9.17) is 11.6 Å². The molecule has 0 spiro atoms. The smallest absolute Gasteiger partial charge is 0.0223 e. The zero-order valence-electron chi connectivity index (χ0n) is 8.03. The molecule has 0 amide bonds. The quantitative estimate of drug-likeness (QED) is 0.429. The van der Waals surface area contributed by atoms with Gasteiger partial charge in [0.2, 0.25) is 0 Å². The van der Waals surface area contributed by atoms with Gasteiger partial charge in [-0.2, -0.15) is 0 Å². The monoisotopic (exact) mass is 188 g/mol. The summed E-state index contributed by atoms with van der Waals surface area (Å²) >= 11 is 5.61. The Morgan fingerprint density at radius 3 is 2.25 bits per heavy atom. The lowest BCUT2D eigenvalue weighted by Crippen LogP contribution is -1.92. The Morgan fingerprint density at radius 1 is 0.917 bits per heavy atom. The summed E-state index contributed by atoms with van der Waals surface area (Å²) in [6.07, 6.45) is 12.9. The van der Waals surface area contributed by atoms with Crippen molar-refractivity contribution in [1.82, 2.24) is 0 Å². The van der Waals surface area contributed by atoms with Crippen LogP contribution in [0.1, 0.15) is 57.8 Å². The minimum Gasteiger partial charge on any atom is -0.127 e. The van der Waals surface area contributed by atoms with Crippen LogP contribution in [0.2, 0.25) is 0 Å². The molecule has 0 bridgehead atoms. The first-order valence-electron chi connectivity index (χ1n) is 5.49. The molecule has 0 aromatic carbocycles. The number of alkyl halides is 1. The second kappa shape index (κ2) is 6.77. The van der Waals surface area contributed by atoms with Crippen LogP contribution < -0.4 is 0 Å². The standard InChI is InChI=1S/C11H21Cl/c12-10-6-2-1-3-7-11-8-4-5-9-11/h11H,1-10H2. The predicted molar refractivity (Wildman–Crippen MR) is 55.8 cm³/mol. The largest absolute Gasteiger partial charge is 0.127 e. The van der Waals surface area contributed by atoms with Gasteiger partial charge in [0.15, 0.2) is 0 Å². The number of halogens is 1. The highest BCUT2D eigenvalue weighted by molar-refractivity contribution is 6.17. The molecule has 0 heterocycles. The fourth-order valence-electron chi connectivity index (χ4n) is 2.18. The zero-order chi connectivity index (χ0) is 8.65. The van der Waals surface area contributed by atoms with Crippen molar-refractivity contribution in [2.45, 2.75) is 57.8 Å². The molecule has 0 radical (unpaired) electrons. The fourth-order valence-corrected chi connectivity index (χ4v) is 2.37. The Bertz CT molecular complexity index is 95.2. The molecular weight excluding hydrogens is 168 g/mol. The van der Waals surface area contributed by atoms with Crippen LogP contribution in [0.25, 0.3) is 0 Å². The van der Waals surface area contributed by atoms with E-state index >= 15 is 0 Å². The lowest BCUT2D eigenvalue weighted by molar-refractivity contribution is 0.467. The Labute approximate surface area is 81.7 Å². The van der Waals surface area contributed by atoms with Gasteiger partial charge in [0, 0.05) is 5.88 Å². The van der Waals surface area contributed by atoms with Gasteiger partial charge >= 0.3 is 0 Å².